The number of carbonyl (C=O) groups excluding carboxylic acids is 2. The van der Waals surface area contributed by atoms with Gasteiger partial charge in [0.15, 0.2) is 0 Å². The molecule has 6 heteroatoms. The largest absolute Gasteiger partial charge is 0.322 e. The Kier molecular flexibility index (Phi) is 5.91. The van der Waals surface area contributed by atoms with Crippen LogP contribution in [0.25, 0.3) is 0 Å². The fourth-order valence-electron chi connectivity index (χ4n) is 2.50. The molecule has 0 unspecified atom stereocenters. The molecule has 0 fully saturated rings. The average molecular weight is 375 g/mol. The molecular formula is C22H18FN3O2. The second kappa shape index (κ2) is 8.73. The van der Waals surface area contributed by atoms with Gasteiger partial charge in [0.25, 0.3) is 11.8 Å². The summed E-state index contributed by atoms with van der Waals surface area (Å²) in [5.74, 6) is -1.21. The zero-order valence-corrected chi connectivity index (χ0v) is 15.1. The van der Waals surface area contributed by atoms with E-state index in [9.17, 15) is 14.0 Å². The van der Waals surface area contributed by atoms with Crippen LogP contribution in [0.5, 0.6) is 0 Å². The lowest BCUT2D eigenvalue weighted by molar-refractivity contribution is 0.0953. The van der Waals surface area contributed by atoms with E-state index in [1.165, 1.54) is 24.3 Å². The smallest absolute Gasteiger partial charge is 0.271 e. The minimum Gasteiger partial charge on any atom is -0.322 e. The third-order valence-corrected chi connectivity index (χ3v) is 4.05. The van der Waals surface area contributed by atoms with Crippen LogP contribution in [0.3, 0.4) is 0 Å². The number of hydrogen-bond donors (Lipinski definition) is 2. The van der Waals surface area contributed by atoms with E-state index in [1.807, 2.05) is 31.2 Å². The highest BCUT2D eigenvalue weighted by atomic mass is 19.1. The van der Waals surface area contributed by atoms with Gasteiger partial charge in [0, 0.05) is 16.8 Å². The zero-order chi connectivity index (χ0) is 19.9. The molecule has 5 nitrogen and oxygen atoms in total. The van der Waals surface area contributed by atoms with Crippen molar-refractivity contribution in [2.24, 2.45) is 5.10 Å². The third kappa shape index (κ3) is 4.88. The Balaban J connectivity index is 1.65. The Morgan fingerprint density at radius 1 is 0.893 bits per heavy atom. The number of carbonyl (C=O) groups is 2. The first-order valence-corrected chi connectivity index (χ1v) is 8.59. The summed E-state index contributed by atoms with van der Waals surface area (Å²) in [6.07, 6.45) is 1.58. The van der Waals surface area contributed by atoms with Crippen molar-refractivity contribution in [2.75, 3.05) is 5.32 Å². The summed E-state index contributed by atoms with van der Waals surface area (Å²) in [5, 5.41) is 6.66. The topological polar surface area (TPSA) is 70.6 Å². The van der Waals surface area contributed by atoms with Crippen LogP contribution < -0.4 is 10.7 Å². The quantitative estimate of drug-likeness (QED) is 0.519. The summed E-state index contributed by atoms with van der Waals surface area (Å²) >= 11 is 0. The third-order valence-electron chi connectivity index (χ3n) is 4.05. The van der Waals surface area contributed by atoms with Gasteiger partial charge in [-0.15, -0.1) is 0 Å². The monoisotopic (exact) mass is 375 g/mol. The number of rotatable bonds is 5. The van der Waals surface area contributed by atoms with Gasteiger partial charge in [0.1, 0.15) is 5.82 Å². The van der Waals surface area contributed by atoms with E-state index in [0.717, 1.165) is 11.1 Å². The summed E-state index contributed by atoms with van der Waals surface area (Å²) in [5.41, 5.74) is 5.54. The number of aryl methyl sites for hydroxylation is 1. The maximum atomic E-state index is 13.0. The van der Waals surface area contributed by atoms with Crippen molar-refractivity contribution in [3.05, 3.63) is 101 Å². The lowest BCUT2D eigenvalue weighted by atomic mass is 10.1. The first-order valence-electron chi connectivity index (χ1n) is 8.59. The predicted molar refractivity (Wildman–Crippen MR) is 107 cm³/mol. The van der Waals surface area contributed by atoms with Crippen molar-refractivity contribution in [1.29, 1.82) is 0 Å². The van der Waals surface area contributed by atoms with Crippen LogP contribution in [0.4, 0.5) is 10.1 Å². The molecule has 0 aliphatic carbocycles. The van der Waals surface area contributed by atoms with Gasteiger partial charge in [0.2, 0.25) is 0 Å². The summed E-state index contributed by atoms with van der Waals surface area (Å²) in [6.45, 7) is 1.95. The number of halogens is 1. The van der Waals surface area contributed by atoms with E-state index < -0.39 is 17.6 Å². The van der Waals surface area contributed by atoms with Gasteiger partial charge in [-0.1, -0.05) is 30.3 Å². The maximum absolute atomic E-state index is 13.0. The van der Waals surface area contributed by atoms with Crippen molar-refractivity contribution in [3.63, 3.8) is 0 Å². The highest BCUT2D eigenvalue weighted by Gasteiger charge is 2.09. The van der Waals surface area contributed by atoms with Gasteiger partial charge in [-0.25, -0.2) is 9.82 Å². The molecule has 3 aromatic rings. The Hall–Kier alpha value is -3.80. The van der Waals surface area contributed by atoms with Crippen LogP contribution in [-0.2, 0) is 0 Å². The number of anilines is 1. The number of nitrogens with zero attached hydrogens (tertiary/aromatic N) is 1. The summed E-state index contributed by atoms with van der Waals surface area (Å²) < 4.78 is 13.0. The van der Waals surface area contributed by atoms with Crippen LogP contribution in [0.2, 0.25) is 0 Å². The molecule has 0 radical (unpaired) electrons. The number of hydrazone groups is 1. The zero-order valence-electron chi connectivity index (χ0n) is 15.1. The summed E-state index contributed by atoms with van der Waals surface area (Å²) in [7, 11) is 0. The maximum Gasteiger partial charge on any atom is 0.271 e. The van der Waals surface area contributed by atoms with E-state index in [4.69, 9.17) is 0 Å². The fourth-order valence-corrected chi connectivity index (χ4v) is 2.50. The van der Waals surface area contributed by atoms with E-state index in [2.05, 4.69) is 15.8 Å². The second-order valence-corrected chi connectivity index (χ2v) is 6.10. The van der Waals surface area contributed by atoms with Crippen molar-refractivity contribution < 1.29 is 14.0 Å². The molecule has 3 aromatic carbocycles. The van der Waals surface area contributed by atoms with Crippen LogP contribution in [-0.4, -0.2) is 18.0 Å². The molecule has 3 rings (SSSR count). The van der Waals surface area contributed by atoms with Crippen molar-refractivity contribution in [1.82, 2.24) is 5.43 Å². The Morgan fingerprint density at radius 3 is 2.39 bits per heavy atom. The summed E-state index contributed by atoms with van der Waals surface area (Å²) in [4.78, 5) is 24.5. The Bertz CT molecular complexity index is 1030. The lowest BCUT2D eigenvalue weighted by Gasteiger charge is -2.07. The first-order chi connectivity index (χ1) is 13.5. The minimum atomic E-state index is -0.415. The molecule has 0 aliphatic heterocycles. The highest BCUT2D eigenvalue weighted by Crippen LogP contribution is 2.13. The standard InChI is InChI=1S/C22H18FN3O2/c1-15-5-2-3-6-18(15)14-24-26-22(28)17-7-4-8-20(13-17)25-21(27)16-9-11-19(23)12-10-16/h2-14H,1H3,(H,25,27)(H,26,28). The molecule has 0 aromatic heterocycles. The van der Waals surface area contributed by atoms with Crippen LogP contribution in [0, 0.1) is 12.7 Å². The van der Waals surface area contributed by atoms with E-state index in [1.54, 1.807) is 30.5 Å². The molecular weight excluding hydrogens is 357 g/mol. The molecule has 0 bridgehead atoms. The van der Waals surface area contributed by atoms with Gasteiger partial charge >= 0.3 is 0 Å². The van der Waals surface area contributed by atoms with Gasteiger partial charge in [0.05, 0.1) is 6.21 Å². The number of amides is 2. The minimum absolute atomic E-state index is 0.319. The average Bonchev–Trinajstić information content (AvgIpc) is 2.70. The predicted octanol–water partition coefficient (Wildman–Crippen LogP) is 4.15. The molecule has 140 valence electrons. The van der Waals surface area contributed by atoms with E-state index in [-0.39, 0.29) is 0 Å². The highest BCUT2D eigenvalue weighted by molar-refractivity contribution is 6.05. The van der Waals surface area contributed by atoms with Crippen LogP contribution in [0.1, 0.15) is 31.8 Å². The first kappa shape index (κ1) is 19.0. The van der Waals surface area contributed by atoms with Crippen molar-refractivity contribution in [2.45, 2.75) is 6.92 Å². The van der Waals surface area contributed by atoms with Gasteiger partial charge in [-0.3, -0.25) is 9.59 Å². The molecule has 0 saturated carbocycles. The second-order valence-electron chi connectivity index (χ2n) is 6.10. The molecule has 0 saturated heterocycles. The molecule has 2 amide bonds. The van der Waals surface area contributed by atoms with Gasteiger partial charge in [-0.05, 0) is 60.5 Å². The molecule has 0 aliphatic rings. The number of nitrogens with one attached hydrogen (secondary N) is 2. The van der Waals surface area contributed by atoms with Crippen molar-refractivity contribution >= 4 is 23.7 Å². The van der Waals surface area contributed by atoms with Crippen LogP contribution >= 0.6 is 0 Å². The Labute approximate surface area is 161 Å². The lowest BCUT2D eigenvalue weighted by Crippen LogP contribution is -2.18. The molecule has 2 N–H and O–H groups in total. The molecule has 28 heavy (non-hydrogen) atoms. The molecule has 0 spiro atoms. The molecule has 0 atom stereocenters. The number of benzene rings is 3. The van der Waals surface area contributed by atoms with E-state index in [0.29, 0.717) is 16.8 Å². The van der Waals surface area contributed by atoms with Crippen LogP contribution in [0.15, 0.2) is 77.9 Å². The van der Waals surface area contributed by atoms with E-state index >= 15 is 0 Å². The SMILES string of the molecule is Cc1ccccc1C=NNC(=O)c1cccc(NC(=O)c2ccc(F)cc2)c1. The van der Waals surface area contributed by atoms with Gasteiger partial charge < -0.3 is 5.32 Å². The number of hydrogen-bond acceptors (Lipinski definition) is 3. The molecule has 0 heterocycles. The fraction of sp³-hybridized carbons (Fsp3) is 0.0455. The Morgan fingerprint density at radius 2 is 1.64 bits per heavy atom. The van der Waals surface area contributed by atoms with Crippen molar-refractivity contribution in [3.8, 4) is 0 Å². The summed E-state index contributed by atoms with van der Waals surface area (Å²) in [6, 6.07) is 19.4. The van der Waals surface area contributed by atoms with Gasteiger partial charge in [-0.2, -0.15) is 5.10 Å². The normalized spacial score (nSPS) is 10.6.